The fourth-order valence-electron chi connectivity index (χ4n) is 3.01. The van der Waals surface area contributed by atoms with E-state index in [9.17, 15) is 9.59 Å². The summed E-state index contributed by atoms with van der Waals surface area (Å²) in [7, 11) is 1.73. The van der Waals surface area contributed by atoms with Crippen LogP contribution in [0.25, 0.3) is 0 Å². The Kier molecular flexibility index (Phi) is 7.63. The number of nitrogens with zero attached hydrogens (tertiary/aromatic N) is 3. The maximum Gasteiger partial charge on any atom is 0.344 e. The summed E-state index contributed by atoms with van der Waals surface area (Å²) in [4.78, 5) is 26.4. The van der Waals surface area contributed by atoms with Gasteiger partial charge in [-0.3, -0.25) is 9.36 Å². The number of H-pyrrole nitrogens is 1. The molecule has 2 aromatic rings. The van der Waals surface area contributed by atoms with Crippen molar-refractivity contribution in [3.05, 3.63) is 39.8 Å². The van der Waals surface area contributed by atoms with E-state index in [4.69, 9.17) is 21.1 Å². The number of carbonyl (C=O) groups is 1. The van der Waals surface area contributed by atoms with Crippen molar-refractivity contribution < 1.29 is 14.3 Å². The molecule has 1 fully saturated rings. The van der Waals surface area contributed by atoms with Gasteiger partial charge in [0.25, 0.3) is 0 Å². The molecule has 8 nitrogen and oxygen atoms in total. The highest BCUT2D eigenvalue weighted by atomic mass is 35.5. The lowest BCUT2D eigenvalue weighted by molar-refractivity contribution is -0.129. The van der Waals surface area contributed by atoms with Crippen molar-refractivity contribution in [1.82, 2.24) is 19.7 Å². The summed E-state index contributed by atoms with van der Waals surface area (Å²) in [5, 5.41) is 7.29. The monoisotopic (exact) mass is 440 g/mol. The lowest BCUT2D eigenvalue weighted by atomic mass is 10.2. The first kappa shape index (κ1) is 21.7. The maximum absolute atomic E-state index is 12.7. The second-order valence-corrected chi connectivity index (χ2v) is 8.62. The average Bonchev–Trinajstić information content (AvgIpc) is 3.34. The molecular formula is C19H25ClN4O4S. The van der Waals surface area contributed by atoms with Gasteiger partial charge in [-0.2, -0.15) is 0 Å². The van der Waals surface area contributed by atoms with Crippen molar-refractivity contribution >= 4 is 29.3 Å². The van der Waals surface area contributed by atoms with Crippen LogP contribution in [-0.4, -0.2) is 63.7 Å². The zero-order valence-corrected chi connectivity index (χ0v) is 18.0. The summed E-state index contributed by atoms with van der Waals surface area (Å²) in [6.07, 6.45) is 1.94. The summed E-state index contributed by atoms with van der Waals surface area (Å²) in [6.45, 7) is 3.78. The van der Waals surface area contributed by atoms with Crippen LogP contribution in [0.3, 0.4) is 0 Å². The zero-order valence-electron chi connectivity index (χ0n) is 16.5. The smallest absolute Gasteiger partial charge is 0.344 e. The highest BCUT2D eigenvalue weighted by molar-refractivity contribution is 8.00. The summed E-state index contributed by atoms with van der Waals surface area (Å²) in [5.41, 5.74) is -0.285. The van der Waals surface area contributed by atoms with Crippen LogP contribution < -0.4 is 10.4 Å². The van der Waals surface area contributed by atoms with E-state index in [2.05, 4.69) is 10.2 Å². The van der Waals surface area contributed by atoms with Crippen LogP contribution in [0.2, 0.25) is 5.02 Å². The highest BCUT2D eigenvalue weighted by Crippen LogP contribution is 2.23. The SMILES string of the molecule is CC(Sc1n[nH]c(=O)n1CC1CCCO1)C(=O)N(C)CCOc1ccc(Cl)cc1. The molecule has 0 spiro atoms. The van der Waals surface area contributed by atoms with E-state index in [0.717, 1.165) is 19.4 Å². The standard InChI is InChI=1S/C19H25ClN4O4S/c1-13(17(25)23(2)9-11-28-15-7-5-14(20)6-8-15)29-19-22-21-18(26)24(19)12-16-4-3-10-27-16/h5-8,13,16H,3-4,9-12H2,1-2H3,(H,21,26). The van der Waals surface area contributed by atoms with Crippen LogP contribution in [0.15, 0.2) is 34.2 Å². The Morgan fingerprint density at radius 2 is 2.24 bits per heavy atom. The van der Waals surface area contributed by atoms with Gasteiger partial charge in [0.1, 0.15) is 12.4 Å². The highest BCUT2D eigenvalue weighted by Gasteiger charge is 2.24. The number of hydrogen-bond acceptors (Lipinski definition) is 6. The van der Waals surface area contributed by atoms with Crippen LogP contribution in [0.1, 0.15) is 19.8 Å². The van der Waals surface area contributed by atoms with Crippen molar-refractivity contribution in [3.8, 4) is 5.75 Å². The second kappa shape index (κ2) is 10.2. The molecule has 0 saturated carbocycles. The topological polar surface area (TPSA) is 89.4 Å². The molecule has 0 aliphatic carbocycles. The third kappa shape index (κ3) is 6.01. The first-order valence-electron chi connectivity index (χ1n) is 9.51. The first-order chi connectivity index (χ1) is 13.9. The fraction of sp³-hybridized carbons (Fsp3) is 0.526. The average molecular weight is 441 g/mol. The van der Waals surface area contributed by atoms with Crippen molar-refractivity contribution in [2.75, 3.05) is 26.8 Å². The fourth-order valence-corrected chi connectivity index (χ4v) is 4.11. The van der Waals surface area contributed by atoms with Crippen LogP contribution in [0.4, 0.5) is 0 Å². The Labute approximate surface area is 178 Å². The number of benzene rings is 1. The van der Waals surface area contributed by atoms with E-state index in [1.54, 1.807) is 47.7 Å². The van der Waals surface area contributed by atoms with E-state index in [-0.39, 0.29) is 17.7 Å². The van der Waals surface area contributed by atoms with Gasteiger partial charge in [-0.1, -0.05) is 23.4 Å². The predicted molar refractivity (Wildman–Crippen MR) is 112 cm³/mol. The molecule has 3 rings (SSSR count). The van der Waals surface area contributed by atoms with Gasteiger partial charge < -0.3 is 14.4 Å². The molecule has 1 aromatic heterocycles. The third-order valence-corrected chi connectivity index (χ3v) is 5.98. The maximum atomic E-state index is 12.7. The van der Waals surface area contributed by atoms with Gasteiger partial charge >= 0.3 is 5.69 Å². The lowest BCUT2D eigenvalue weighted by Crippen LogP contribution is -2.36. The van der Waals surface area contributed by atoms with Crippen molar-refractivity contribution in [2.45, 2.75) is 42.8 Å². The molecule has 1 aliphatic rings. The van der Waals surface area contributed by atoms with Gasteiger partial charge in [0, 0.05) is 18.7 Å². The summed E-state index contributed by atoms with van der Waals surface area (Å²) >= 11 is 7.11. The van der Waals surface area contributed by atoms with Gasteiger partial charge in [-0.15, -0.1) is 5.10 Å². The number of hydrogen-bond donors (Lipinski definition) is 1. The number of halogens is 1. The predicted octanol–water partition coefficient (Wildman–Crippen LogP) is 2.42. The van der Waals surface area contributed by atoms with Crippen LogP contribution in [-0.2, 0) is 16.1 Å². The minimum absolute atomic E-state index is 0.0170. The summed E-state index contributed by atoms with van der Waals surface area (Å²) < 4.78 is 12.8. The molecule has 1 N–H and O–H groups in total. The normalized spacial score (nSPS) is 17.3. The Balaban J connectivity index is 1.50. The molecule has 2 heterocycles. The van der Waals surface area contributed by atoms with Crippen molar-refractivity contribution in [3.63, 3.8) is 0 Å². The van der Waals surface area contributed by atoms with E-state index >= 15 is 0 Å². The summed E-state index contributed by atoms with van der Waals surface area (Å²) in [6, 6.07) is 7.08. The van der Waals surface area contributed by atoms with Crippen LogP contribution in [0, 0.1) is 0 Å². The molecule has 29 heavy (non-hydrogen) atoms. The molecular weight excluding hydrogens is 416 g/mol. The van der Waals surface area contributed by atoms with Gasteiger partial charge in [-0.05, 0) is 44.0 Å². The Bertz CT molecular complexity index is 864. The minimum Gasteiger partial charge on any atom is -0.492 e. The number of likely N-dealkylation sites (N-methyl/N-ethyl adjacent to an activating group) is 1. The van der Waals surface area contributed by atoms with E-state index in [1.807, 2.05) is 0 Å². The Hall–Kier alpha value is -1.97. The van der Waals surface area contributed by atoms with Gasteiger partial charge in [0.2, 0.25) is 5.91 Å². The molecule has 2 atom stereocenters. The van der Waals surface area contributed by atoms with E-state index < -0.39 is 5.25 Å². The largest absolute Gasteiger partial charge is 0.492 e. The molecule has 10 heteroatoms. The van der Waals surface area contributed by atoms with Crippen LogP contribution in [0.5, 0.6) is 5.75 Å². The van der Waals surface area contributed by atoms with Gasteiger partial charge in [0.05, 0.1) is 24.4 Å². The van der Waals surface area contributed by atoms with E-state index in [0.29, 0.717) is 35.6 Å². The third-order valence-electron chi connectivity index (χ3n) is 4.65. The second-order valence-electron chi connectivity index (χ2n) is 6.88. The number of ether oxygens (including phenoxy) is 2. The number of thioether (sulfide) groups is 1. The van der Waals surface area contributed by atoms with Gasteiger partial charge in [-0.25, -0.2) is 9.89 Å². The molecule has 1 aliphatic heterocycles. The molecule has 158 valence electrons. The molecule has 2 unspecified atom stereocenters. The minimum atomic E-state index is -0.394. The quantitative estimate of drug-likeness (QED) is 0.602. The number of rotatable bonds is 9. The molecule has 0 radical (unpaired) electrons. The zero-order chi connectivity index (χ0) is 20.8. The molecule has 1 aromatic carbocycles. The number of aromatic amines is 1. The molecule has 0 bridgehead atoms. The summed E-state index contributed by atoms with van der Waals surface area (Å²) in [5.74, 6) is 0.640. The van der Waals surface area contributed by atoms with E-state index in [1.165, 1.54) is 11.8 Å². The molecule has 1 amide bonds. The van der Waals surface area contributed by atoms with Crippen molar-refractivity contribution in [1.29, 1.82) is 0 Å². The molecule has 1 saturated heterocycles. The number of amides is 1. The van der Waals surface area contributed by atoms with Crippen molar-refractivity contribution in [2.24, 2.45) is 0 Å². The number of nitrogens with one attached hydrogen (secondary N) is 1. The first-order valence-corrected chi connectivity index (χ1v) is 10.8. The Morgan fingerprint density at radius 1 is 1.48 bits per heavy atom. The lowest BCUT2D eigenvalue weighted by Gasteiger charge is -2.21. The Morgan fingerprint density at radius 3 is 2.93 bits per heavy atom. The number of aromatic nitrogens is 3. The number of carbonyl (C=O) groups excluding carboxylic acids is 1. The van der Waals surface area contributed by atoms with Gasteiger partial charge in [0.15, 0.2) is 5.16 Å². The van der Waals surface area contributed by atoms with Crippen LogP contribution >= 0.6 is 23.4 Å².